The van der Waals surface area contributed by atoms with Crippen LogP contribution in [-0.2, 0) is 19.3 Å². The Morgan fingerprint density at radius 3 is 2.50 bits per heavy atom. The SMILES string of the molecule is CN(Cc1nc(-c2ccc(C(F)(F)F)cc2)no1)Cc1cccs1. The smallest absolute Gasteiger partial charge is 0.338 e. The van der Waals surface area contributed by atoms with Gasteiger partial charge in [-0.25, -0.2) is 0 Å². The molecule has 0 N–H and O–H groups in total. The van der Waals surface area contributed by atoms with Crippen molar-refractivity contribution >= 4 is 11.3 Å². The maximum atomic E-state index is 12.6. The molecule has 0 radical (unpaired) electrons. The van der Waals surface area contributed by atoms with Gasteiger partial charge in [-0.1, -0.05) is 23.4 Å². The first-order chi connectivity index (χ1) is 11.4. The number of aromatic nitrogens is 2. The summed E-state index contributed by atoms with van der Waals surface area (Å²) in [6.45, 7) is 1.22. The summed E-state index contributed by atoms with van der Waals surface area (Å²) < 4.78 is 42.9. The molecule has 0 saturated heterocycles. The van der Waals surface area contributed by atoms with Gasteiger partial charge in [-0.05, 0) is 30.6 Å². The van der Waals surface area contributed by atoms with Crippen molar-refractivity contribution in [3.05, 3.63) is 58.1 Å². The molecule has 2 aromatic heterocycles. The molecule has 0 saturated carbocycles. The van der Waals surface area contributed by atoms with Gasteiger partial charge in [0.2, 0.25) is 11.7 Å². The number of benzene rings is 1. The highest BCUT2D eigenvalue weighted by atomic mass is 32.1. The molecule has 0 bridgehead atoms. The molecule has 24 heavy (non-hydrogen) atoms. The fourth-order valence-corrected chi connectivity index (χ4v) is 2.98. The van der Waals surface area contributed by atoms with Gasteiger partial charge in [-0.3, -0.25) is 4.90 Å². The van der Waals surface area contributed by atoms with Crippen molar-refractivity contribution in [1.29, 1.82) is 0 Å². The average Bonchev–Trinajstić information content (AvgIpc) is 3.18. The molecule has 4 nitrogen and oxygen atoms in total. The lowest BCUT2D eigenvalue weighted by molar-refractivity contribution is -0.137. The third kappa shape index (κ3) is 4.01. The van der Waals surface area contributed by atoms with Gasteiger partial charge in [0.1, 0.15) is 0 Å². The van der Waals surface area contributed by atoms with Gasteiger partial charge in [0.15, 0.2) is 0 Å². The Kier molecular flexibility index (Phi) is 4.68. The van der Waals surface area contributed by atoms with Crippen LogP contribution in [0, 0.1) is 0 Å². The quantitative estimate of drug-likeness (QED) is 0.680. The second-order valence-electron chi connectivity index (χ2n) is 5.34. The van der Waals surface area contributed by atoms with E-state index in [0.717, 1.165) is 18.7 Å². The first-order valence-electron chi connectivity index (χ1n) is 7.13. The fraction of sp³-hybridized carbons (Fsp3) is 0.250. The van der Waals surface area contributed by atoms with Crippen molar-refractivity contribution in [2.75, 3.05) is 7.05 Å². The topological polar surface area (TPSA) is 42.2 Å². The molecule has 0 atom stereocenters. The summed E-state index contributed by atoms with van der Waals surface area (Å²) in [5.41, 5.74) is -0.218. The van der Waals surface area contributed by atoms with Crippen LogP contribution in [0.2, 0.25) is 0 Å². The standard InChI is InChI=1S/C16H14F3N3OS/c1-22(9-13-3-2-8-24-13)10-14-20-15(21-23-14)11-4-6-12(7-5-11)16(17,18)19/h2-8H,9-10H2,1H3. The monoisotopic (exact) mass is 353 g/mol. The van der Waals surface area contributed by atoms with Crippen molar-refractivity contribution in [3.63, 3.8) is 0 Å². The number of hydrogen-bond acceptors (Lipinski definition) is 5. The number of thiophene rings is 1. The maximum Gasteiger partial charge on any atom is 0.416 e. The Morgan fingerprint density at radius 2 is 1.88 bits per heavy atom. The Morgan fingerprint density at radius 1 is 1.12 bits per heavy atom. The lowest BCUT2D eigenvalue weighted by atomic mass is 10.1. The van der Waals surface area contributed by atoms with Crippen LogP contribution in [-0.4, -0.2) is 22.1 Å². The molecule has 3 rings (SSSR count). The van der Waals surface area contributed by atoms with E-state index in [4.69, 9.17) is 4.52 Å². The molecule has 3 aromatic rings. The Labute approximate surface area is 140 Å². The molecule has 126 valence electrons. The second kappa shape index (κ2) is 6.74. The van der Waals surface area contributed by atoms with Crippen LogP contribution < -0.4 is 0 Å². The van der Waals surface area contributed by atoms with Gasteiger partial charge >= 0.3 is 6.18 Å². The van der Waals surface area contributed by atoms with Crippen LogP contribution in [0.1, 0.15) is 16.3 Å². The number of halogens is 3. The molecule has 8 heteroatoms. The van der Waals surface area contributed by atoms with Crippen molar-refractivity contribution in [2.45, 2.75) is 19.3 Å². The second-order valence-corrected chi connectivity index (χ2v) is 6.37. The minimum absolute atomic E-state index is 0.281. The summed E-state index contributed by atoms with van der Waals surface area (Å²) in [5, 5.41) is 5.85. The van der Waals surface area contributed by atoms with E-state index in [2.05, 4.69) is 10.1 Å². The van der Waals surface area contributed by atoms with Crippen LogP contribution >= 0.6 is 11.3 Å². The summed E-state index contributed by atoms with van der Waals surface area (Å²) >= 11 is 1.67. The molecular formula is C16H14F3N3OS. The van der Waals surface area contributed by atoms with Gasteiger partial charge in [0.25, 0.3) is 0 Å². The molecule has 1 aromatic carbocycles. The molecular weight excluding hydrogens is 339 g/mol. The van der Waals surface area contributed by atoms with E-state index in [1.807, 2.05) is 29.5 Å². The average molecular weight is 353 g/mol. The summed E-state index contributed by atoms with van der Waals surface area (Å²) in [6, 6.07) is 8.73. The van der Waals surface area contributed by atoms with Crippen molar-refractivity contribution in [1.82, 2.24) is 15.0 Å². The van der Waals surface area contributed by atoms with Gasteiger partial charge < -0.3 is 4.52 Å². The van der Waals surface area contributed by atoms with Crippen molar-refractivity contribution < 1.29 is 17.7 Å². The lowest BCUT2D eigenvalue weighted by Crippen LogP contribution is -2.16. The predicted molar refractivity (Wildman–Crippen MR) is 84.2 cm³/mol. The van der Waals surface area contributed by atoms with E-state index >= 15 is 0 Å². The summed E-state index contributed by atoms with van der Waals surface area (Å²) in [7, 11) is 1.93. The Hall–Kier alpha value is -2.19. The predicted octanol–water partition coefficient (Wildman–Crippen LogP) is 4.45. The molecule has 0 amide bonds. The molecule has 0 aliphatic rings. The minimum Gasteiger partial charge on any atom is -0.338 e. The first kappa shape index (κ1) is 16.7. The fourth-order valence-electron chi connectivity index (χ4n) is 2.20. The van der Waals surface area contributed by atoms with E-state index in [0.29, 0.717) is 18.0 Å². The lowest BCUT2D eigenvalue weighted by Gasteiger charge is -2.12. The molecule has 0 aliphatic carbocycles. The molecule has 0 aliphatic heterocycles. The zero-order valence-corrected chi connectivity index (χ0v) is 13.6. The zero-order valence-electron chi connectivity index (χ0n) is 12.7. The highest BCUT2D eigenvalue weighted by Crippen LogP contribution is 2.30. The van der Waals surface area contributed by atoms with Gasteiger partial charge in [-0.15, -0.1) is 11.3 Å². The van der Waals surface area contributed by atoms with Crippen LogP contribution in [0.5, 0.6) is 0 Å². The van der Waals surface area contributed by atoms with Crippen LogP contribution in [0.15, 0.2) is 46.3 Å². The zero-order chi connectivity index (χ0) is 17.2. The van der Waals surface area contributed by atoms with Crippen molar-refractivity contribution in [2.24, 2.45) is 0 Å². The molecule has 0 unspecified atom stereocenters. The van der Waals surface area contributed by atoms with Crippen LogP contribution in [0.25, 0.3) is 11.4 Å². The van der Waals surface area contributed by atoms with E-state index in [1.54, 1.807) is 11.3 Å². The van der Waals surface area contributed by atoms with Crippen LogP contribution in [0.4, 0.5) is 13.2 Å². The molecule has 0 spiro atoms. The normalized spacial score (nSPS) is 12.0. The largest absolute Gasteiger partial charge is 0.416 e. The van der Waals surface area contributed by atoms with Crippen molar-refractivity contribution in [3.8, 4) is 11.4 Å². The maximum absolute atomic E-state index is 12.6. The number of rotatable bonds is 5. The number of alkyl halides is 3. The number of hydrogen-bond donors (Lipinski definition) is 0. The Bertz CT molecular complexity index is 782. The highest BCUT2D eigenvalue weighted by molar-refractivity contribution is 7.09. The summed E-state index contributed by atoms with van der Waals surface area (Å²) in [6.07, 6.45) is -4.36. The summed E-state index contributed by atoms with van der Waals surface area (Å²) in [5.74, 6) is 0.701. The third-order valence-corrected chi connectivity index (χ3v) is 4.21. The van der Waals surface area contributed by atoms with Gasteiger partial charge in [-0.2, -0.15) is 18.2 Å². The van der Waals surface area contributed by atoms with Crippen LogP contribution in [0.3, 0.4) is 0 Å². The summed E-state index contributed by atoms with van der Waals surface area (Å²) in [4.78, 5) is 7.49. The highest BCUT2D eigenvalue weighted by Gasteiger charge is 2.30. The third-order valence-electron chi connectivity index (χ3n) is 3.35. The van der Waals surface area contributed by atoms with E-state index in [9.17, 15) is 13.2 Å². The first-order valence-corrected chi connectivity index (χ1v) is 8.01. The van der Waals surface area contributed by atoms with E-state index < -0.39 is 11.7 Å². The van der Waals surface area contributed by atoms with Gasteiger partial charge in [0.05, 0.1) is 12.1 Å². The van der Waals surface area contributed by atoms with E-state index in [1.165, 1.54) is 17.0 Å². The Balaban J connectivity index is 1.66. The minimum atomic E-state index is -4.36. The molecule has 0 fully saturated rings. The van der Waals surface area contributed by atoms with E-state index in [-0.39, 0.29) is 5.82 Å². The number of nitrogens with zero attached hydrogens (tertiary/aromatic N) is 3. The molecule has 2 heterocycles. The van der Waals surface area contributed by atoms with Gasteiger partial charge in [0, 0.05) is 17.0 Å².